The van der Waals surface area contributed by atoms with Crippen LogP contribution in [0.1, 0.15) is 24.0 Å². The van der Waals surface area contributed by atoms with Crippen molar-refractivity contribution in [3.05, 3.63) is 33.8 Å². The smallest absolute Gasteiger partial charge is 0.315 e. The van der Waals surface area contributed by atoms with Crippen molar-refractivity contribution in [1.29, 1.82) is 0 Å². The van der Waals surface area contributed by atoms with Crippen molar-refractivity contribution in [2.75, 3.05) is 13.6 Å². The Bertz CT molecular complexity index is 562. The minimum absolute atomic E-state index is 0.0476. The SMILES string of the molecule is Cc1cc(Br)ccc1CN(C)C(=O)[C@@H]1CCCN1C(N)=O. The first-order valence-corrected chi connectivity index (χ1v) is 7.75. The van der Waals surface area contributed by atoms with Gasteiger partial charge in [0.1, 0.15) is 6.04 Å². The van der Waals surface area contributed by atoms with Gasteiger partial charge >= 0.3 is 6.03 Å². The number of likely N-dealkylation sites (N-methyl/N-ethyl adjacent to an activating group) is 1. The summed E-state index contributed by atoms with van der Waals surface area (Å²) >= 11 is 3.43. The minimum atomic E-state index is -0.515. The second-order valence-corrected chi connectivity index (χ2v) is 6.37. The molecule has 1 aromatic carbocycles. The zero-order valence-electron chi connectivity index (χ0n) is 12.3. The standard InChI is InChI=1S/C15H20BrN3O2/c1-10-8-12(16)6-5-11(10)9-18(2)14(20)13-4-3-7-19(13)15(17)21/h5-6,8,13H,3-4,7,9H2,1-2H3,(H2,17,21)/t13-/m0/s1. The molecule has 0 unspecified atom stereocenters. The highest BCUT2D eigenvalue weighted by atomic mass is 79.9. The number of urea groups is 1. The van der Waals surface area contributed by atoms with Crippen molar-refractivity contribution in [2.24, 2.45) is 5.73 Å². The molecule has 0 aliphatic carbocycles. The fraction of sp³-hybridized carbons (Fsp3) is 0.467. The van der Waals surface area contributed by atoms with Gasteiger partial charge < -0.3 is 15.5 Å². The summed E-state index contributed by atoms with van der Waals surface area (Å²) in [4.78, 5) is 27.0. The van der Waals surface area contributed by atoms with E-state index in [4.69, 9.17) is 5.73 Å². The van der Waals surface area contributed by atoms with Gasteiger partial charge in [0, 0.05) is 24.6 Å². The summed E-state index contributed by atoms with van der Waals surface area (Å²) in [6.07, 6.45) is 1.51. The third-order valence-corrected chi connectivity index (χ3v) is 4.40. The number of nitrogens with two attached hydrogens (primary N) is 1. The Kier molecular flexibility index (Phi) is 4.88. The number of hydrogen-bond donors (Lipinski definition) is 1. The number of rotatable bonds is 3. The summed E-state index contributed by atoms with van der Waals surface area (Å²) in [7, 11) is 1.77. The van der Waals surface area contributed by atoms with Crippen molar-refractivity contribution in [3.8, 4) is 0 Å². The van der Waals surface area contributed by atoms with E-state index in [1.807, 2.05) is 25.1 Å². The van der Waals surface area contributed by atoms with E-state index < -0.39 is 12.1 Å². The number of likely N-dealkylation sites (tertiary alicyclic amines) is 1. The van der Waals surface area contributed by atoms with Gasteiger partial charge in [-0.3, -0.25) is 4.79 Å². The maximum absolute atomic E-state index is 12.5. The molecule has 2 N–H and O–H groups in total. The summed E-state index contributed by atoms with van der Waals surface area (Å²) in [6, 6.07) is 5.07. The maximum Gasteiger partial charge on any atom is 0.315 e. The molecule has 0 aromatic heterocycles. The minimum Gasteiger partial charge on any atom is -0.351 e. The molecule has 1 aliphatic heterocycles. The van der Waals surface area contributed by atoms with Crippen molar-refractivity contribution < 1.29 is 9.59 Å². The van der Waals surface area contributed by atoms with Gasteiger partial charge in [-0.1, -0.05) is 22.0 Å². The highest BCUT2D eigenvalue weighted by Gasteiger charge is 2.34. The van der Waals surface area contributed by atoms with Crippen LogP contribution >= 0.6 is 15.9 Å². The van der Waals surface area contributed by atoms with Crippen LogP contribution in [0.3, 0.4) is 0 Å². The van der Waals surface area contributed by atoms with Crippen LogP contribution in [0.15, 0.2) is 22.7 Å². The Morgan fingerprint density at radius 2 is 2.19 bits per heavy atom. The van der Waals surface area contributed by atoms with Crippen LogP contribution in [0.5, 0.6) is 0 Å². The first kappa shape index (κ1) is 15.8. The van der Waals surface area contributed by atoms with E-state index in [1.165, 1.54) is 4.90 Å². The Balaban J connectivity index is 2.07. The van der Waals surface area contributed by atoms with Gasteiger partial charge in [0.15, 0.2) is 0 Å². The zero-order chi connectivity index (χ0) is 15.6. The van der Waals surface area contributed by atoms with Gasteiger partial charge in [0.05, 0.1) is 0 Å². The molecule has 1 fully saturated rings. The summed E-state index contributed by atoms with van der Waals surface area (Å²) in [5.74, 6) is -0.0476. The number of halogens is 1. The van der Waals surface area contributed by atoms with Gasteiger partial charge in [0.25, 0.3) is 0 Å². The van der Waals surface area contributed by atoms with Crippen LogP contribution in [-0.4, -0.2) is 41.4 Å². The fourth-order valence-electron chi connectivity index (χ4n) is 2.71. The van der Waals surface area contributed by atoms with E-state index >= 15 is 0 Å². The molecule has 21 heavy (non-hydrogen) atoms. The molecule has 0 bridgehead atoms. The molecule has 2 rings (SSSR count). The number of carbonyl (C=O) groups is 2. The van der Waals surface area contributed by atoms with Gasteiger partial charge in [-0.2, -0.15) is 0 Å². The van der Waals surface area contributed by atoms with E-state index in [-0.39, 0.29) is 5.91 Å². The quantitative estimate of drug-likeness (QED) is 0.905. The molecule has 1 atom stereocenters. The third-order valence-electron chi connectivity index (χ3n) is 3.91. The van der Waals surface area contributed by atoms with Gasteiger partial charge in [0.2, 0.25) is 5.91 Å². The number of hydrogen-bond acceptors (Lipinski definition) is 2. The van der Waals surface area contributed by atoms with Crippen molar-refractivity contribution in [3.63, 3.8) is 0 Å². The number of carbonyl (C=O) groups excluding carboxylic acids is 2. The Hall–Kier alpha value is -1.56. The van der Waals surface area contributed by atoms with E-state index in [9.17, 15) is 9.59 Å². The summed E-state index contributed by atoms with van der Waals surface area (Å²) < 4.78 is 1.02. The van der Waals surface area contributed by atoms with E-state index in [2.05, 4.69) is 15.9 Å². The number of benzene rings is 1. The van der Waals surface area contributed by atoms with Gasteiger partial charge in [-0.25, -0.2) is 4.79 Å². The van der Waals surface area contributed by atoms with E-state index in [0.717, 1.165) is 22.0 Å². The molecule has 1 aromatic rings. The number of primary amides is 1. The van der Waals surface area contributed by atoms with Crippen LogP contribution in [0.2, 0.25) is 0 Å². The molecule has 0 radical (unpaired) electrons. The topological polar surface area (TPSA) is 66.6 Å². The molecule has 0 saturated carbocycles. The molecule has 1 saturated heterocycles. The number of nitrogens with zero attached hydrogens (tertiary/aromatic N) is 2. The molecular formula is C15H20BrN3O2. The van der Waals surface area contributed by atoms with Crippen LogP contribution in [0, 0.1) is 6.92 Å². The molecule has 3 amide bonds. The Morgan fingerprint density at radius 1 is 1.48 bits per heavy atom. The first-order valence-electron chi connectivity index (χ1n) is 6.96. The molecule has 1 aliphatic rings. The van der Waals surface area contributed by atoms with Crippen LogP contribution in [-0.2, 0) is 11.3 Å². The predicted octanol–water partition coefficient (Wildman–Crippen LogP) is 2.26. The van der Waals surface area contributed by atoms with Gasteiger partial charge in [-0.15, -0.1) is 0 Å². The fourth-order valence-corrected chi connectivity index (χ4v) is 3.19. The van der Waals surface area contributed by atoms with Crippen LogP contribution in [0.25, 0.3) is 0 Å². The lowest BCUT2D eigenvalue weighted by molar-refractivity contribution is -0.134. The van der Waals surface area contributed by atoms with Crippen molar-refractivity contribution >= 4 is 27.9 Å². The van der Waals surface area contributed by atoms with Crippen LogP contribution < -0.4 is 5.73 Å². The lowest BCUT2D eigenvalue weighted by atomic mass is 10.1. The molecule has 5 nitrogen and oxygen atoms in total. The highest BCUT2D eigenvalue weighted by molar-refractivity contribution is 9.10. The molecular weight excluding hydrogens is 334 g/mol. The summed E-state index contributed by atoms with van der Waals surface area (Å²) in [5, 5.41) is 0. The zero-order valence-corrected chi connectivity index (χ0v) is 13.9. The third kappa shape index (κ3) is 3.56. The molecule has 0 spiro atoms. The average molecular weight is 354 g/mol. The Morgan fingerprint density at radius 3 is 2.81 bits per heavy atom. The highest BCUT2D eigenvalue weighted by Crippen LogP contribution is 2.21. The monoisotopic (exact) mass is 353 g/mol. The average Bonchev–Trinajstić information content (AvgIpc) is 2.90. The molecule has 114 valence electrons. The summed E-state index contributed by atoms with van der Waals surface area (Å²) in [6.45, 7) is 3.11. The van der Waals surface area contributed by atoms with E-state index in [0.29, 0.717) is 19.5 Å². The first-order chi connectivity index (χ1) is 9.90. The van der Waals surface area contributed by atoms with Crippen LogP contribution in [0.4, 0.5) is 4.79 Å². The molecule has 1 heterocycles. The van der Waals surface area contributed by atoms with Crippen molar-refractivity contribution in [2.45, 2.75) is 32.4 Å². The van der Waals surface area contributed by atoms with Gasteiger partial charge in [-0.05, 0) is 43.0 Å². The van der Waals surface area contributed by atoms with Crippen molar-refractivity contribution in [1.82, 2.24) is 9.80 Å². The lowest BCUT2D eigenvalue weighted by Gasteiger charge is -2.27. The number of amides is 3. The Labute approximate surface area is 133 Å². The summed E-state index contributed by atoms with van der Waals surface area (Å²) in [5.41, 5.74) is 7.55. The predicted molar refractivity (Wildman–Crippen MR) is 84.7 cm³/mol. The second-order valence-electron chi connectivity index (χ2n) is 5.45. The van der Waals surface area contributed by atoms with E-state index in [1.54, 1.807) is 11.9 Å². The lowest BCUT2D eigenvalue weighted by Crippen LogP contribution is -2.48. The maximum atomic E-state index is 12.5. The number of aryl methyl sites for hydroxylation is 1. The largest absolute Gasteiger partial charge is 0.351 e. The molecule has 6 heteroatoms. The normalized spacial score (nSPS) is 17.9. The second kappa shape index (κ2) is 6.47.